The number of benzene rings is 1. The normalized spacial score (nSPS) is 9.67. The van der Waals surface area contributed by atoms with Gasteiger partial charge in [0.2, 0.25) is 0 Å². The smallest absolute Gasteiger partial charge is 0.120 e. The zero-order chi connectivity index (χ0) is 8.81. The Balaban J connectivity index is 2.42. The molecule has 0 spiro atoms. The van der Waals surface area contributed by atoms with Crippen molar-refractivity contribution in [3.63, 3.8) is 0 Å². The number of rotatable bonds is 4. The number of thioether (sulfide) groups is 1. The van der Waals surface area contributed by atoms with Crippen LogP contribution in [-0.4, -0.2) is 17.1 Å². The van der Waals surface area contributed by atoms with Crippen molar-refractivity contribution in [2.75, 3.05) is 5.75 Å². The lowest BCUT2D eigenvalue weighted by Gasteiger charge is -1.97. The Hall–Kier alpha value is -0.960. The van der Waals surface area contributed by atoms with Crippen LogP contribution >= 0.6 is 11.8 Å². The Morgan fingerprint density at radius 2 is 2.00 bits per heavy atom. The van der Waals surface area contributed by atoms with Crippen LogP contribution in [0.3, 0.4) is 0 Å². The molecule has 0 aliphatic heterocycles. The number of aromatic hydroxyl groups is 1. The first-order chi connectivity index (χ1) is 5.83. The summed E-state index contributed by atoms with van der Waals surface area (Å²) in [5.74, 6) is 1.07. The summed E-state index contributed by atoms with van der Waals surface area (Å²) in [6, 6.07) is 6.96. The second kappa shape index (κ2) is 4.83. The average Bonchev–Trinajstić information content (AvgIpc) is 2.09. The van der Waals surface area contributed by atoms with Gasteiger partial charge in [0, 0.05) is 17.1 Å². The molecule has 0 aliphatic rings. The van der Waals surface area contributed by atoms with Gasteiger partial charge in [-0.25, -0.2) is 0 Å². The number of carbonyl (C=O) groups is 1. The molecule has 3 heteroatoms. The first kappa shape index (κ1) is 9.13. The monoisotopic (exact) mass is 182 g/mol. The van der Waals surface area contributed by atoms with Crippen LogP contribution in [0.1, 0.15) is 6.42 Å². The summed E-state index contributed by atoms with van der Waals surface area (Å²) < 4.78 is 0. The van der Waals surface area contributed by atoms with Crippen LogP contribution in [0, 0.1) is 0 Å². The van der Waals surface area contributed by atoms with Crippen LogP contribution < -0.4 is 0 Å². The fraction of sp³-hybridized carbons (Fsp3) is 0.222. The van der Waals surface area contributed by atoms with Crippen molar-refractivity contribution in [2.45, 2.75) is 11.3 Å². The lowest BCUT2D eigenvalue weighted by molar-refractivity contribution is -0.107. The van der Waals surface area contributed by atoms with Gasteiger partial charge in [0.05, 0.1) is 0 Å². The molecule has 64 valence electrons. The molecule has 0 saturated heterocycles. The van der Waals surface area contributed by atoms with E-state index in [1.54, 1.807) is 23.9 Å². The maximum Gasteiger partial charge on any atom is 0.120 e. The highest BCUT2D eigenvalue weighted by atomic mass is 32.2. The fourth-order valence-electron chi connectivity index (χ4n) is 0.767. The molecule has 2 nitrogen and oxygen atoms in total. The first-order valence-corrected chi connectivity index (χ1v) is 4.67. The van der Waals surface area contributed by atoms with Crippen LogP contribution in [0.5, 0.6) is 5.75 Å². The minimum absolute atomic E-state index is 0.273. The van der Waals surface area contributed by atoms with Crippen molar-refractivity contribution in [3.8, 4) is 5.75 Å². The van der Waals surface area contributed by atoms with E-state index >= 15 is 0 Å². The van der Waals surface area contributed by atoms with Gasteiger partial charge in [-0.15, -0.1) is 11.8 Å². The van der Waals surface area contributed by atoms with Crippen LogP contribution in [0.15, 0.2) is 29.2 Å². The highest BCUT2D eigenvalue weighted by Gasteiger charge is 1.92. The molecule has 0 unspecified atom stereocenters. The van der Waals surface area contributed by atoms with Gasteiger partial charge in [0.25, 0.3) is 0 Å². The fourth-order valence-corrected chi connectivity index (χ4v) is 1.55. The predicted octanol–water partition coefficient (Wildman–Crippen LogP) is 2.07. The molecule has 1 aromatic carbocycles. The second-order valence-electron chi connectivity index (χ2n) is 2.30. The summed E-state index contributed by atoms with van der Waals surface area (Å²) >= 11 is 1.61. The molecule has 0 fully saturated rings. The van der Waals surface area contributed by atoms with E-state index in [0.717, 1.165) is 16.9 Å². The molecular weight excluding hydrogens is 172 g/mol. The number of aldehydes is 1. The SMILES string of the molecule is O=CCCSc1ccc(O)cc1. The van der Waals surface area contributed by atoms with Crippen molar-refractivity contribution in [1.82, 2.24) is 0 Å². The minimum Gasteiger partial charge on any atom is -0.508 e. The quantitative estimate of drug-likeness (QED) is 0.440. The lowest BCUT2D eigenvalue weighted by atomic mass is 10.3. The average molecular weight is 182 g/mol. The molecule has 0 amide bonds. The Morgan fingerprint density at radius 3 is 2.58 bits per heavy atom. The lowest BCUT2D eigenvalue weighted by Crippen LogP contribution is -1.79. The largest absolute Gasteiger partial charge is 0.508 e. The third kappa shape index (κ3) is 2.96. The van der Waals surface area contributed by atoms with Gasteiger partial charge in [0.1, 0.15) is 12.0 Å². The number of hydrogen-bond donors (Lipinski definition) is 1. The maximum atomic E-state index is 10.00. The molecule has 0 saturated carbocycles. The Kier molecular flexibility index (Phi) is 3.67. The molecule has 0 radical (unpaired) electrons. The zero-order valence-electron chi connectivity index (χ0n) is 6.56. The summed E-state index contributed by atoms with van der Waals surface area (Å²) in [5.41, 5.74) is 0. The molecule has 0 atom stereocenters. The van der Waals surface area contributed by atoms with Crippen molar-refractivity contribution in [2.24, 2.45) is 0 Å². The highest BCUT2D eigenvalue weighted by molar-refractivity contribution is 7.99. The van der Waals surface area contributed by atoms with Gasteiger partial charge in [-0.05, 0) is 24.3 Å². The van der Waals surface area contributed by atoms with Crippen molar-refractivity contribution in [3.05, 3.63) is 24.3 Å². The molecule has 0 heterocycles. The summed E-state index contributed by atoms with van der Waals surface area (Å²) in [4.78, 5) is 11.1. The number of carbonyl (C=O) groups excluding carboxylic acids is 1. The third-order valence-electron chi connectivity index (χ3n) is 1.34. The Labute approximate surface area is 75.6 Å². The minimum atomic E-state index is 0.273. The van der Waals surface area contributed by atoms with E-state index in [2.05, 4.69) is 0 Å². The second-order valence-corrected chi connectivity index (χ2v) is 3.47. The summed E-state index contributed by atoms with van der Waals surface area (Å²) in [6.45, 7) is 0. The predicted molar refractivity (Wildman–Crippen MR) is 49.5 cm³/mol. The Bertz CT molecular complexity index is 243. The maximum absolute atomic E-state index is 10.00. The molecule has 1 rings (SSSR count). The molecule has 0 bridgehead atoms. The van der Waals surface area contributed by atoms with Gasteiger partial charge in [-0.3, -0.25) is 0 Å². The molecular formula is C9H10O2S. The van der Waals surface area contributed by atoms with Crippen LogP contribution in [-0.2, 0) is 4.79 Å². The van der Waals surface area contributed by atoms with E-state index in [9.17, 15) is 4.79 Å². The molecule has 1 N–H and O–H groups in total. The van der Waals surface area contributed by atoms with E-state index in [4.69, 9.17) is 5.11 Å². The topological polar surface area (TPSA) is 37.3 Å². The van der Waals surface area contributed by atoms with Crippen LogP contribution in [0.2, 0.25) is 0 Å². The van der Waals surface area contributed by atoms with E-state index in [-0.39, 0.29) is 5.75 Å². The van der Waals surface area contributed by atoms with Gasteiger partial charge in [-0.2, -0.15) is 0 Å². The molecule has 0 aromatic heterocycles. The standard InChI is InChI=1S/C9H10O2S/c10-6-1-7-12-9-4-2-8(11)3-5-9/h2-6,11H,1,7H2. The molecule has 1 aromatic rings. The highest BCUT2D eigenvalue weighted by Crippen LogP contribution is 2.20. The van der Waals surface area contributed by atoms with E-state index in [0.29, 0.717) is 6.42 Å². The van der Waals surface area contributed by atoms with Crippen molar-refractivity contribution >= 4 is 18.0 Å². The zero-order valence-corrected chi connectivity index (χ0v) is 7.38. The van der Waals surface area contributed by atoms with Crippen LogP contribution in [0.25, 0.3) is 0 Å². The number of hydrogen-bond acceptors (Lipinski definition) is 3. The molecule has 12 heavy (non-hydrogen) atoms. The van der Waals surface area contributed by atoms with Crippen molar-refractivity contribution < 1.29 is 9.90 Å². The molecule has 0 aliphatic carbocycles. The van der Waals surface area contributed by atoms with Crippen molar-refractivity contribution in [1.29, 1.82) is 0 Å². The third-order valence-corrected chi connectivity index (χ3v) is 2.39. The van der Waals surface area contributed by atoms with Gasteiger partial charge < -0.3 is 9.90 Å². The number of phenols is 1. The van der Waals surface area contributed by atoms with Gasteiger partial charge in [-0.1, -0.05) is 0 Å². The van der Waals surface area contributed by atoms with Gasteiger partial charge >= 0.3 is 0 Å². The first-order valence-electron chi connectivity index (χ1n) is 3.68. The number of phenolic OH excluding ortho intramolecular Hbond substituents is 1. The van der Waals surface area contributed by atoms with E-state index < -0.39 is 0 Å². The van der Waals surface area contributed by atoms with E-state index in [1.165, 1.54) is 0 Å². The summed E-state index contributed by atoms with van der Waals surface area (Å²) in [5, 5.41) is 8.96. The Morgan fingerprint density at radius 1 is 1.33 bits per heavy atom. The van der Waals surface area contributed by atoms with Crippen LogP contribution in [0.4, 0.5) is 0 Å². The van der Waals surface area contributed by atoms with E-state index in [1.807, 2.05) is 12.1 Å². The van der Waals surface area contributed by atoms with Gasteiger partial charge in [0.15, 0.2) is 0 Å². The summed E-state index contributed by atoms with van der Waals surface area (Å²) in [6.07, 6.45) is 1.49. The summed E-state index contributed by atoms with van der Waals surface area (Å²) in [7, 11) is 0.